The molecule has 20 heavy (non-hydrogen) atoms. The van der Waals surface area contributed by atoms with Crippen molar-refractivity contribution >= 4 is 8.38 Å². The fraction of sp³-hybridized carbons (Fsp3) is 0.294. The van der Waals surface area contributed by atoms with Gasteiger partial charge >= 0.3 is 0 Å². The van der Waals surface area contributed by atoms with Crippen molar-refractivity contribution in [3.05, 3.63) is 59.7 Å². The third kappa shape index (κ3) is 4.54. The third-order valence-corrected chi connectivity index (χ3v) is 4.44. The minimum absolute atomic E-state index is 0.886. The summed E-state index contributed by atoms with van der Waals surface area (Å²) < 4.78 is 12.0. The van der Waals surface area contributed by atoms with Crippen LogP contribution in [0.15, 0.2) is 48.5 Å². The van der Waals surface area contributed by atoms with Crippen LogP contribution in [0, 0.1) is 13.8 Å². The molecule has 2 aromatic carbocycles. The van der Waals surface area contributed by atoms with E-state index in [2.05, 4.69) is 32.9 Å². The predicted octanol–water partition coefficient (Wildman–Crippen LogP) is 5.48. The molecule has 0 aliphatic carbocycles. The van der Waals surface area contributed by atoms with Gasteiger partial charge in [-0.1, -0.05) is 31.2 Å². The molecule has 0 atom stereocenters. The van der Waals surface area contributed by atoms with Gasteiger partial charge in [-0.3, -0.25) is 0 Å². The smallest absolute Gasteiger partial charge is 0.290 e. The van der Waals surface area contributed by atoms with Crippen molar-refractivity contribution in [3.63, 3.8) is 0 Å². The van der Waals surface area contributed by atoms with E-state index in [1.165, 1.54) is 11.1 Å². The van der Waals surface area contributed by atoms with E-state index < -0.39 is 8.38 Å². The molecule has 0 radical (unpaired) electrons. The van der Waals surface area contributed by atoms with Crippen LogP contribution in [0.1, 0.15) is 24.5 Å². The Kier molecular flexibility index (Phi) is 5.43. The lowest BCUT2D eigenvalue weighted by Crippen LogP contribution is -1.99. The van der Waals surface area contributed by atoms with E-state index in [4.69, 9.17) is 9.05 Å². The van der Waals surface area contributed by atoms with E-state index in [1.807, 2.05) is 36.4 Å². The topological polar surface area (TPSA) is 18.5 Å². The van der Waals surface area contributed by atoms with Crippen LogP contribution in [0.4, 0.5) is 0 Å². The fourth-order valence-electron chi connectivity index (χ4n) is 1.87. The largest absolute Gasteiger partial charge is 0.439 e. The third-order valence-electron chi connectivity index (χ3n) is 2.80. The Hall–Kier alpha value is -1.53. The van der Waals surface area contributed by atoms with Crippen LogP contribution in [0.2, 0.25) is 0 Å². The summed E-state index contributed by atoms with van der Waals surface area (Å²) in [5.41, 5.74) is 2.40. The van der Waals surface area contributed by atoms with Crippen LogP contribution in [-0.2, 0) is 0 Å². The average Bonchev–Trinajstić information content (AvgIpc) is 2.39. The van der Waals surface area contributed by atoms with Gasteiger partial charge in [-0.2, -0.15) is 0 Å². The Morgan fingerprint density at radius 3 is 1.75 bits per heavy atom. The SMILES string of the molecule is CCCP(Oc1cccc(C)c1)Oc1cccc(C)c1. The van der Waals surface area contributed by atoms with Gasteiger partial charge in [0.1, 0.15) is 11.5 Å². The van der Waals surface area contributed by atoms with Gasteiger partial charge in [-0.15, -0.1) is 0 Å². The fourth-order valence-corrected chi connectivity index (χ4v) is 3.15. The Bertz CT molecular complexity index is 507. The van der Waals surface area contributed by atoms with Gasteiger partial charge in [0.2, 0.25) is 0 Å². The first-order valence-corrected chi connectivity index (χ1v) is 8.30. The molecule has 2 aromatic rings. The summed E-state index contributed by atoms with van der Waals surface area (Å²) in [5, 5.41) is 0. The van der Waals surface area contributed by atoms with Gasteiger partial charge in [-0.25, -0.2) is 0 Å². The summed E-state index contributed by atoms with van der Waals surface area (Å²) in [4.78, 5) is 0. The zero-order valence-electron chi connectivity index (χ0n) is 12.3. The second-order valence-corrected chi connectivity index (χ2v) is 6.35. The standard InChI is InChI=1S/C17H21O2P/c1-4-11-20(18-16-9-5-7-14(2)12-16)19-17-10-6-8-15(3)13-17/h5-10,12-13H,4,11H2,1-3H3. The molecule has 0 amide bonds. The van der Waals surface area contributed by atoms with Crippen molar-refractivity contribution in [2.24, 2.45) is 0 Å². The van der Waals surface area contributed by atoms with Crippen LogP contribution < -0.4 is 9.05 Å². The quantitative estimate of drug-likeness (QED) is 0.655. The molecule has 0 unspecified atom stereocenters. The van der Waals surface area contributed by atoms with Gasteiger partial charge in [0.25, 0.3) is 8.38 Å². The molecule has 0 fully saturated rings. The lowest BCUT2D eigenvalue weighted by Gasteiger charge is -2.18. The summed E-state index contributed by atoms with van der Waals surface area (Å²) in [7, 11) is -0.938. The summed E-state index contributed by atoms with van der Waals surface area (Å²) in [6.45, 7) is 6.28. The average molecular weight is 288 g/mol. The van der Waals surface area contributed by atoms with Crippen molar-refractivity contribution < 1.29 is 9.05 Å². The highest BCUT2D eigenvalue weighted by Crippen LogP contribution is 2.41. The second-order valence-electron chi connectivity index (χ2n) is 4.87. The Labute approximate surface area is 122 Å². The highest BCUT2D eigenvalue weighted by molar-refractivity contribution is 7.48. The van der Waals surface area contributed by atoms with E-state index >= 15 is 0 Å². The van der Waals surface area contributed by atoms with Crippen molar-refractivity contribution in [2.75, 3.05) is 6.16 Å². The number of benzene rings is 2. The van der Waals surface area contributed by atoms with Crippen molar-refractivity contribution in [3.8, 4) is 11.5 Å². The lowest BCUT2D eigenvalue weighted by molar-refractivity contribution is 0.488. The van der Waals surface area contributed by atoms with Crippen LogP contribution >= 0.6 is 8.38 Å². The van der Waals surface area contributed by atoms with E-state index in [9.17, 15) is 0 Å². The van der Waals surface area contributed by atoms with E-state index in [-0.39, 0.29) is 0 Å². The van der Waals surface area contributed by atoms with Gasteiger partial charge < -0.3 is 9.05 Å². The zero-order valence-corrected chi connectivity index (χ0v) is 13.2. The first-order chi connectivity index (χ1) is 9.67. The summed E-state index contributed by atoms with van der Waals surface area (Å²) in [6, 6.07) is 16.2. The van der Waals surface area contributed by atoms with Gasteiger partial charge in [-0.05, 0) is 55.7 Å². The maximum Gasteiger partial charge on any atom is 0.290 e. The summed E-state index contributed by atoms with van der Waals surface area (Å²) >= 11 is 0. The highest BCUT2D eigenvalue weighted by Gasteiger charge is 2.13. The molecule has 0 aliphatic heterocycles. The zero-order chi connectivity index (χ0) is 14.4. The Balaban J connectivity index is 2.07. The molecule has 0 spiro atoms. The summed E-state index contributed by atoms with van der Waals surface area (Å²) in [6.07, 6.45) is 1.97. The molecular weight excluding hydrogens is 267 g/mol. The number of rotatable bonds is 6. The number of aryl methyl sites for hydroxylation is 2. The molecule has 2 nitrogen and oxygen atoms in total. The molecule has 0 saturated carbocycles. The monoisotopic (exact) mass is 288 g/mol. The maximum absolute atomic E-state index is 6.02. The summed E-state index contributed by atoms with van der Waals surface area (Å²) in [5.74, 6) is 1.77. The van der Waals surface area contributed by atoms with E-state index in [1.54, 1.807) is 0 Å². The van der Waals surface area contributed by atoms with Crippen molar-refractivity contribution in [1.82, 2.24) is 0 Å². The first kappa shape index (κ1) is 14.9. The molecule has 0 aromatic heterocycles. The molecular formula is C17H21O2P. The second kappa shape index (κ2) is 7.31. The van der Waals surface area contributed by atoms with E-state index in [0.717, 1.165) is 24.1 Å². The van der Waals surface area contributed by atoms with Crippen LogP contribution in [0.3, 0.4) is 0 Å². The van der Waals surface area contributed by atoms with Crippen molar-refractivity contribution in [2.45, 2.75) is 27.2 Å². The predicted molar refractivity (Wildman–Crippen MR) is 85.7 cm³/mol. The normalized spacial score (nSPS) is 10.6. The molecule has 3 heteroatoms. The lowest BCUT2D eigenvalue weighted by atomic mass is 10.2. The number of hydrogen-bond acceptors (Lipinski definition) is 2. The molecule has 0 aliphatic rings. The highest BCUT2D eigenvalue weighted by atomic mass is 31.2. The molecule has 2 rings (SSSR count). The Morgan fingerprint density at radius 1 is 0.850 bits per heavy atom. The van der Waals surface area contributed by atoms with Crippen molar-refractivity contribution in [1.29, 1.82) is 0 Å². The maximum atomic E-state index is 6.02. The molecule has 0 heterocycles. The van der Waals surface area contributed by atoms with Gasteiger partial charge in [0.15, 0.2) is 0 Å². The molecule has 106 valence electrons. The minimum Gasteiger partial charge on any atom is -0.439 e. The van der Waals surface area contributed by atoms with Gasteiger partial charge in [0, 0.05) is 6.16 Å². The van der Waals surface area contributed by atoms with E-state index in [0.29, 0.717) is 0 Å². The van der Waals surface area contributed by atoms with Gasteiger partial charge in [0.05, 0.1) is 0 Å². The molecule has 0 saturated heterocycles. The van der Waals surface area contributed by atoms with Crippen LogP contribution in [-0.4, -0.2) is 6.16 Å². The number of hydrogen-bond donors (Lipinski definition) is 0. The molecule has 0 N–H and O–H groups in total. The van der Waals surface area contributed by atoms with Crippen LogP contribution in [0.5, 0.6) is 11.5 Å². The first-order valence-electron chi connectivity index (χ1n) is 6.94. The van der Waals surface area contributed by atoms with Crippen LogP contribution in [0.25, 0.3) is 0 Å². The minimum atomic E-state index is -0.938. The molecule has 0 bridgehead atoms. The Morgan fingerprint density at radius 2 is 1.35 bits per heavy atom.